The average molecular weight is 421 g/mol. The van der Waals surface area contributed by atoms with Gasteiger partial charge in [-0.25, -0.2) is 0 Å². The molecule has 0 unspecified atom stereocenters. The fourth-order valence-corrected chi connectivity index (χ4v) is 3.62. The Labute approximate surface area is 188 Å². The van der Waals surface area contributed by atoms with Crippen molar-refractivity contribution in [2.24, 2.45) is 0 Å². The molecule has 4 nitrogen and oxygen atoms in total. The smallest absolute Gasteiger partial charge is 0.316 e. The van der Waals surface area contributed by atoms with Crippen LogP contribution in [-0.2, 0) is 16.1 Å². The molecule has 0 aliphatic rings. The number of carbonyl (C=O) groups is 2. The van der Waals surface area contributed by atoms with E-state index < -0.39 is 17.9 Å². The molecule has 0 aliphatic heterocycles. The molecular weight excluding hydrogens is 396 g/mol. The Bertz CT molecular complexity index is 1110. The zero-order valence-electron chi connectivity index (χ0n) is 17.6. The second-order valence-electron chi connectivity index (χ2n) is 7.44. The zero-order chi connectivity index (χ0) is 22.2. The number of hydrogen-bond donors (Lipinski definition) is 1. The van der Waals surface area contributed by atoms with E-state index >= 15 is 0 Å². The second-order valence-corrected chi connectivity index (χ2v) is 7.44. The van der Waals surface area contributed by atoms with Gasteiger partial charge in [0.25, 0.3) is 0 Å². The quantitative estimate of drug-likeness (QED) is 0.440. The molecule has 1 N–H and O–H groups in total. The molecule has 0 saturated heterocycles. The number of anilines is 1. The molecule has 4 aromatic carbocycles. The molecule has 32 heavy (non-hydrogen) atoms. The maximum absolute atomic E-state index is 13.4. The maximum Gasteiger partial charge on any atom is 0.316 e. The van der Waals surface area contributed by atoms with Crippen LogP contribution in [0.3, 0.4) is 0 Å². The van der Waals surface area contributed by atoms with Gasteiger partial charge in [-0.05, 0) is 28.8 Å². The Morgan fingerprint density at radius 2 is 1.06 bits per heavy atom. The highest BCUT2D eigenvalue weighted by molar-refractivity contribution is 6.40. The monoisotopic (exact) mass is 420 g/mol. The van der Waals surface area contributed by atoms with Gasteiger partial charge in [0.2, 0.25) is 0 Å². The van der Waals surface area contributed by atoms with Crippen LogP contribution in [0.1, 0.15) is 22.7 Å². The molecule has 4 rings (SSSR count). The van der Waals surface area contributed by atoms with E-state index in [9.17, 15) is 9.59 Å². The molecule has 0 bridgehead atoms. The number of carbonyl (C=O) groups excluding carboxylic acids is 2. The number of nitrogens with zero attached hydrogens (tertiary/aromatic N) is 1. The number of rotatable bonds is 6. The summed E-state index contributed by atoms with van der Waals surface area (Å²) in [5.74, 6) is -1.25. The first-order valence-electron chi connectivity index (χ1n) is 10.5. The van der Waals surface area contributed by atoms with E-state index in [0.717, 1.165) is 16.7 Å². The Hall–Kier alpha value is -4.18. The first-order chi connectivity index (χ1) is 15.7. The van der Waals surface area contributed by atoms with Gasteiger partial charge < -0.3 is 5.32 Å². The van der Waals surface area contributed by atoms with Crippen LogP contribution in [0.2, 0.25) is 0 Å². The van der Waals surface area contributed by atoms with E-state index in [1.54, 1.807) is 0 Å². The summed E-state index contributed by atoms with van der Waals surface area (Å²) in [6.07, 6.45) is 0. The number of hydrogen-bond acceptors (Lipinski definition) is 2. The molecule has 4 heteroatoms. The minimum atomic E-state index is -0.650. The van der Waals surface area contributed by atoms with Gasteiger partial charge in [0.05, 0.1) is 12.6 Å². The third-order valence-electron chi connectivity index (χ3n) is 5.23. The summed E-state index contributed by atoms with van der Waals surface area (Å²) >= 11 is 0. The van der Waals surface area contributed by atoms with Gasteiger partial charge in [-0.2, -0.15) is 0 Å². The summed E-state index contributed by atoms with van der Waals surface area (Å²) in [7, 11) is 0. The van der Waals surface area contributed by atoms with Crippen LogP contribution < -0.4 is 10.2 Å². The number of amides is 2. The van der Waals surface area contributed by atoms with Crippen molar-refractivity contribution in [1.82, 2.24) is 5.32 Å². The van der Waals surface area contributed by atoms with Crippen molar-refractivity contribution < 1.29 is 9.59 Å². The Kier molecular flexibility index (Phi) is 6.73. The molecule has 0 spiro atoms. The van der Waals surface area contributed by atoms with Crippen molar-refractivity contribution in [1.29, 1.82) is 0 Å². The first kappa shape index (κ1) is 21.1. The highest BCUT2D eigenvalue weighted by Crippen LogP contribution is 2.23. The van der Waals surface area contributed by atoms with Gasteiger partial charge >= 0.3 is 11.8 Å². The van der Waals surface area contributed by atoms with Crippen molar-refractivity contribution in [3.05, 3.63) is 138 Å². The highest BCUT2D eigenvalue weighted by Gasteiger charge is 2.27. The summed E-state index contributed by atoms with van der Waals surface area (Å²) in [4.78, 5) is 28.1. The van der Waals surface area contributed by atoms with Crippen LogP contribution in [0, 0.1) is 0 Å². The van der Waals surface area contributed by atoms with E-state index in [4.69, 9.17) is 0 Å². The van der Waals surface area contributed by atoms with Crippen molar-refractivity contribution in [2.45, 2.75) is 12.6 Å². The lowest BCUT2D eigenvalue weighted by Gasteiger charge is -2.25. The molecule has 0 aliphatic carbocycles. The third-order valence-corrected chi connectivity index (χ3v) is 5.23. The van der Waals surface area contributed by atoms with Crippen LogP contribution in [0.15, 0.2) is 121 Å². The summed E-state index contributed by atoms with van der Waals surface area (Å²) in [5.41, 5.74) is 3.44. The van der Waals surface area contributed by atoms with Gasteiger partial charge in [0.15, 0.2) is 0 Å². The lowest BCUT2D eigenvalue weighted by molar-refractivity contribution is -0.138. The largest absolute Gasteiger partial charge is 0.337 e. The topological polar surface area (TPSA) is 49.4 Å². The minimum Gasteiger partial charge on any atom is -0.337 e. The van der Waals surface area contributed by atoms with Crippen LogP contribution in [0.4, 0.5) is 5.69 Å². The van der Waals surface area contributed by atoms with E-state index in [2.05, 4.69) is 5.32 Å². The number of para-hydroxylation sites is 1. The van der Waals surface area contributed by atoms with Crippen LogP contribution in [0.5, 0.6) is 0 Å². The fraction of sp³-hybridized carbons (Fsp3) is 0.0714. The van der Waals surface area contributed by atoms with Crippen molar-refractivity contribution >= 4 is 17.5 Å². The van der Waals surface area contributed by atoms with Gasteiger partial charge in [0, 0.05) is 5.69 Å². The molecule has 0 fully saturated rings. The molecule has 158 valence electrons. The maximum atomic E-state index is 13.4. The standard InChI is InChI=1S/C28H24N2O2/c31-27(29-26(23-15-7-2-8-16-23)24-17-9-3-10-18-24)28(32)30(25-19-11-4-12-20-25)21-22-13-5-1-6-14-22/h1-20,26H,21H2,(H,29,31). The van der Waals surface area contributed by atoms with Gasteiger partial charge in [-0.1, -0.05) is 109 Å². The lowest BCUT2D eigenvalue weighted by Crippen LogP contribution is -2.44. The Morgan fingerprint density at radius 1 is 0.625 bits per heavy atom. The Balaban J connectivity index is 1.62. The summed E-state index contributed by atoms with van der Waals surface area (Å²) in [6.45, 7) is 0.304. The van der Waals surface area contributed by atoms with E-state index in [-0.39, 0.29) is 0 Å². The van der Waals surface area contributed by atoms with Gasteiger partial charge in [-0.3, -0.25) is 14.5 Å². The fourth-order valence-electron chi connectivity index (χ4n) is 3.62. The van der Waals surface area contributed by atoms with E-state index in [0.29, 0.717) is 12.2 Å². The molecule has 0 saturated carbocycles. The molecule has 0 aromatic heterocycles. The van der Waals surface area contributed by atoms with Gasteiger partial charge in [-0.15, -0.1) is 0 Å². The second kappa shape index (κ2) is 10.2. The highest BCUT2D eigenvalue weighted by atomic mass is 16.2. The average Bonchev–Trinajstić information content (AvgIpc) is 2.87. The van der Waals surface area contributed by atoms with Crippen molar-refractivity contribution in [3.63, 3.8) is 0 Å². The van der Waals surface area contributed by atoms with Gasteiger partial charge in [0.1, 0.15) is 0 Å². The Morgan fingerprint density at radius 3 is 1.56 bits per heavy atom. The molecule has 2 amide bonds. The first-order valence-corrected chi connectivity index (χ1v) is 10.5. The van der Waals surface area contributed by atoms with Crippen molar-refractivity contribution in [3.8, 4) is 0 Å². The molecule has 0 heterocycles. The minimum absolute atomic E-state index is 0.304. The zero-order valence-corrected chi connectivity index (χ0v) is 17.6. The third kappa shape index (κ3) is 5.10. The molecule has 0 atom stereocenters. The predicted octanol–water partition coefficient (Wildman–Crippen LogP) is 5.13. The SMILES string of the molecule is O=C(NC(c1ccccc1)c1ccccc1)C(=O)N(Cc1ccccc1)c1ccccc1. The van der Waals surface area contributed by atoms with Crippen LogP contribution in [0.25, 0.3) is 0 Å². The molecular formula is C28H24N2O2. The summed E-state index contributed by atoms with van der Waals surface area (Å²) in [6, 6.07) is 37.8. The molecule has 4 aromatic rings. The van der Waals surface area contributed by atoms with Crippen LogP contribution in [-0.4, -0.2) is 11.8 Å². The van der Waals surface area contributed by atoms with Crippen LogP contribution >= 0.6 is 0 Å². The molecule has 0 radical (unpaired) electrons. The normalized spacial score (nSPS) is 10.5. The predicted molar refractivity (Wildman–Crippen MR) is 127 cm³/mol. The van der Waals surface area contributed by atoms with E-state index in [1.807, 2.05) is 121 Å². The van der Waals surface area contributed by atoms with Crippen molar-refractivity contribution in [2.75, 3.05) is 4.90 Å². The summed E-state index contributed by atoms with van der Waals surface area (Å²) in [5, 5.41) is 2.96. The number of nitrogens with one attached hydrogen (secondary N) is 1. The number of benzene rings is 4. The summed E-state index contributed by atoms with van der Waals surface area (Å²) < 4.78 is 0. The lowest BCUT2D eigenvalue weighted by atomic mass is 9.98. The van der Waals surface area contributed by atoms with E-state index in [1.165, 1.54) is 4.90 Å².